The SMILES string of the molecule is CCCCC[13CH2]C(C(=O)[O-])C(=O)[O-].[Na+].[Na+]. The van der Waals surface area contributed by atoms with Crippen LogP contribution in [0.5, 0.6) is 0 Å². The van der Waals surface area contributed by atoms with Crippen molar-refractivity contribution >= 4 is 11.9 Å². The fourth-order valence-corrected chi connectivity index (χ4v) is 1.11. The van der Waals surface area contributed by atoms with Gasteiger partial charge in [0.05, 0.1) is 11.9 Å². The van der Waals surface area contributed by atoms with Gasteiger partial charge in [-0.05, 0) is 6.42 Å². The molecule has 4 nitrogen and oxygen atoms in total. The summed E-state index contributed by atoms with van der Waals surface area (Å²) >= 11 is 0. The van der Waals surface area contributed by atoms with Crippen molar-refractivity contribution in [3.05, 3.63) is 0 Å². The van der Waals surface area contributed by atoms with Crippen molar-refractivity contribution in [3.8, 4) is 0 Å². The number of carbonyl (C=O) groups excluding carboxylic acids is 2. The summed E-state index contributed by atoms with van der Waals surface area (Å²) in [7, 11) is 0. The number of carboxylic acid groups (broad SMARTS) is 2. The average molecular weight is 233 g/mol. The molecule has 0 aromatic heterocycles. The summed E-state index contributed by atoms with van der Waals surface area (Å²) in [5.74, 6) is -4.54. The molecule has 0 aromatic rings. The number of carboxylic acids is 2. The Hall–Kier alpha value is 0.940. The summed E-state index contributed by atoms with van der Waals surface area (Å²) in [6.07, 6.45) is 3.59. The van der Waals surface area contributed by atoms with E-state index in [2.05, 4.69) is 0 Å². The fraction of sp³-hybridized carbons (Fsp3) is 0.778. The van der Waals surface area contributed by atoms with Gasteiger partial charge in [-0.3, -0.25) is 0 Å². The van der Waals surface area contributed by atoms with Gasteiger partial charge >= 0.3 is 59.1 Å². The maximum absolute atomic E-state index is 10.3. The van der Waals surface area contributed by atoms with Gasteiger partial charge in [0.2, 0.25) is 0 Å². The molecule has 0 rings (SSSR count). The van der Waals surface area contributed by atoms with Crippen molar-refractivity contribution in [3.63, 3.8) is 0 Å². The van der Waals surface area contributed by atoms with Gasteiger partial charge in [0, 0.05) is 5.92 Å². The Morgan fingerprint density at radius 3 is 1.80 bits per heavy atom. The Bertz CT molecular complexity index is 171. The van der Waals surface area contributed by atoms with E-state index in [1.807, 2.05) is 6.92 Å². The summed E-state index contributed by atoms with van der Waals surface area (Å²) < 4.78 is 0. The van der Waals surface area contributed by atoms with Crippen LogP contribution in [0.2, 0.25) is 0 Å². The zero-order valence-corrected chi connectivity index (χ0v) is 13.7. The third-order valence-electron chi connectivity index (χ3n) is 1.92. The van der Waals surface area contributed by atoms with Crippen LogP contribution in [0.25, 0.3) is 0 Å². The second-order valence-electron chi connectivity index (χ2n) is 3.04. The normalized spacial score (nSPS) is 8.93. The molecular weight excluding hydrogens is 219 g/mol. The molecule has 0 saturated heterocycles. The Morgan fingerprint density at radius 1 is 1.00 bits per heavy atom. The monoisotopic (exact) mass is 233 g/mol. The van der Waals surface area contributed by atoms with Gasteiger partial charge in [0.1, 0.15) is 0 Å². The second kappa shape index (κ2) is 13.0. The number of carbonyl (C=O) groups is 2. The van der Waals surface area contributed by atoms with Gasteiger partial charge in [-0.15, -0.1) is 0 Å². The molecule has 0 aliphatic rings. The summed E-state index contributed by atoms with van der Waals surface area (Å²) in [5, 5.41) is 20.5. The third kappa shape index (κ3) is 11.2. The zero-order valence-electron chi connectivity index (χ0n) is 9.75. The van der Waals surface area contributed by atoms with Gasteiger partial charge in [-0.1, -0.05) is 32.6 Å². The Morgan fingerprint density at radius 2 is 1.47 bits per heavy atom. The largest absolute Gasteiger partial charge is 1.00 e. The number of hydrogen-bond donors (Lipinski definition) is 0. The van der Waals surface area contributed by atoms with Gasteiger partial charge in [0.15, 0.2) is 0 Å². The molecule has 0 spiro atoms. The number of unbranched alkanes of at least 4 members (excludes halogenated alkanes) is 3. The molecule has 0 fully saturated rings. The van der Waals surface area contributed by atoms with E-state index in [1.54, 1.807) is 0 Å². The standard InChI is InChI=1S/C9H16O4.2Na/c1-2-3-4-5-6-7(8(10)11)9(12)13;;/h7H,2-6H2,1H3,(H,10,11)(H,12,13);;/q;2*+1/p-2/i6+1;;. The molecule has 0 aliphatic carbocycles. The fourth-order valence-electron chi connectivity index (χ4n) is 1.11. The quantitative estimate of drug-likeness (QED) is 0.189. The van der Waals surface area contributed by atoms with Gasteiger partial charge in [-0.2, -0.15) is 0 Å². The van der Waals surface area contributed by atoms with Crippen LogP contribution in [0, 0.1) is 5.92 Å². The minimum absolute atomic E-state index is 0. The summed E-state index contributed by atoms with van der Waals surface area (Å²) in [6.45, 7) is 2.02. The van der Waals surface area contributed by atoms with E-state index >= 15 is 0 Å². The van der Waals surface area contributed by atoms with E-state index < -0.39 is 17.9 Å². The molecule has 0 aromatic carbocycles. The zero-order chi connectivity index (χ0) is 10.3. The second-order valence-corrected chi connectivity index (χ2v) is 3.04. The van der Waals surface area contributed by atoms with Crippen molar-refractivity contribution in [2.75, 3.05) is 0 Å². The Kier molecular flexibility index (Phi) is 18.4. The van der Waals surface area contributed by atoms with E-state index in [4.69, 9.17) is 0 Å². The third-order valence-corrected chi connectivity index (χ3v) is 1.92. The summed E-state index contributed by atoms with van der Waals surface area (Å²) in [4.78, 5) is 20.5. The number of aliphatic carboxylic acids is 2. The molecule has 6 heteroatoms. The smallest absolute Gasteiger partial charge is 0.549 e. The first-order valence-corrected chi connectivity index (χ1v) is 4.51. The van der Waals surface area contributed by atoms with E-state index in [1.165, 1.54) is 0 Å². The van der Waals surface area contributed by atoms with Crippen LogP contribution in [-0.4, -0.2) is 11.9 Å². The van der Waals surface area contributed by atoms with Crippen LogP contribution in [-0.2, 0) is 9.59 Å². The van der Waals surface area contributed by atoms with E-state index in [0.29, 0.717) is 6.42 Å². The maximum atomic E-state index is 10.3. The number of hydrogen-bond acceptors (Lipinski definition) is 4. The molecule has 76 valence electrons. The van der Waals surface area contributed by atoms with Crippen LogP contribution in [0.3, 0.4) is 0 Å². The van der Waals surface area contributed by atoms with Crippen LogP contribution in [0.4, 0.5) is 0 Å². The minimum atomic E-state index is -1.54. The van der Waals surface area contributed by atoms with Crippen molar-refractivity contribution in [2.45, 2.75) is 39.0 Å². The van der Waals surface area contributed by atoms with Crippen LogP contribution >= 0.6 is 0 Å². The molecule has 0 radical (unpaired) electrons. The molecule has 0 bridgehead atoms. The molecule has 0 heterocycles. The van der Waals surface area contributed by atoms with E-state index in [9.17, 15) is 19.8 Å². The minimum Gasteiger partial charge on any atom is -0.549 e. The predicted octanol–water partition coefficient (Wildman–Crippen LogP) is -6.92. The number of rotatable bonds is 7. The first-order valence-electron chi connectivity index (χ1n) is 4.51. The molecule has 0 unspecified atom stereocenters. The van der Waals surface area contributed by atoms with Gasteiger partial charge < -0.3 is 19.8 Å². The van der Waals surface area contributed by atoms with Crippen LogP contribution in [0.1, 0.15) is 39.0 Å². The Balaban J connectivity index is -0.000000720. The molecule has 0 N–H and O–H groups in total. The van der Waals surface area contributed by atoms with Crippen LogP contribution < -0.4 is 69.3 Å². The average Bonchev–Trinajstić information content (AvgIpc) is 2.02. The summed E-state index contributed by atoms with van der Waals surface area (Å²) in [5.41, 5.74) is 0. The molecule has 0 saturated carbocycles. The molecule has 0 atom stereocenters. The molecular formula is C9H14Na2O4. The molecule has 0 amide bonds. The van der Waals surface area contributed by atoms with E-state index in [0.717, 1.165) is 19.3 Å². The van der Waals surface area contributed by atoms with Crippen molar-refractivity contribution in [1.82, 2.24) is 0 Å². The van der Waals surface area contributed by atoms with Crippen molar-refractivity contribution in [1.29, 1.82) is 0 Å². The van der Waals surface area contributed by atoms with E-state index in [-0.39, 0.29) is 65.5 Å². The first-order chi connectivity index (χ1) is 6.09. The predicted molar refractivity (Wildman–Crippen MR) is 42.3 cm³/mol. The molecule has 0 aliphatic heterocycles. The maximum Gasteiger partial charge on any atom is 1.00 e. The summed E-state index contributed by atoms with van der Waals surface area (Å²) in [6, 6.07) is 0. The van der Waals surface area contributed by atoms with Gasteiger partial charge in [-0.25, -0.2) is 0 Å². The van der Waals surface area contributed by atoms with Crippen LogP contribution in [0.15, 0.2) is 0 Å². The Labute approximate surface area is 134 Å². The van der Waals surface area contributed by atoms with Gasteiger partial charge in [0.25, 0.3) is 0 Å². The molecule has 15 heavy (non-hydrogen) atoms. The van der Waals surface area contributed by atoms with Crippen molar-refractivity contribution in [2.24, 2.45) is 5.92 Å². The van der Waals surface area contributed by atoms with Crippen molar-refractivity contribution < 1.29 is 78.9 Å². The topological polar surface area (TPSA) is 80.3 Å². The first kappa shape index (κ1) is 21.2.